The van der Waals surface area contributed by atoms with E-state index in [-0.39, 0.29) is 10.8 Å². The van der Waals surface area contributed by atoms with Crippen LogP contribution in [-0.4, -0.2) is 9.55 Å². The SMILES string of the molecule is CC1CC=Cc2c1[nH]c1ccc(-n3c4ccc(C(C)(C)C)cc4c4cc(C(C)(C)C)ccc43)cc21. The van der Waals surface area contributed by atoms with Crippen molar-refractivity contribution in [2.24, 2.45) is 0 Å². The Morgan fingerprint density at radius 3 is 1.91 bits per heavy atom. The second-order valence-corrected chi connectivity index (χ2v) is 12.5. The van der Waals surface area contributed by atoms with Gasteiger partial charge in [-0.1, -0.05) is 72.8 Å². The molecule has 0 amide bonds. The van der Waals surface area contributed by atoms with E-state index in [0.29, 0.717) is 5.92 Å². The van der Waals surface area contributed by atoms with Crippen LogP contribution in [0.15, 0.2) is 60.7 Å². The first-order chi connectivity index (χ1) is 16.5. The number of nitrogens with one attached hydrogen (secondary N) is 1. The van der Waals surface area contributed by atoms with E-state index < -0.39 is 0 Å². The zero-order valence-electron chi connectivity index (χ0n) is 22.1. The lowest BCUT2D eigenvalue weighted by molar-refractivity contribution is 0.590. The van der Waals surface area contributed by atoms with E-state index in [1.54, 1.807) is 0 Å². The molecule has 0 spiro atoms. The Morgan fingerprint density at radius 2 is 1.34 bits per heavy atom. The zero-order valence-corrected chi connectivity index (χ0v) is 22.1. The molecule has 0 fully saturated rings. The number of fused-ring (bicyclic) bond motifs is 6. The van der Waals surface area contributed by atoms with Crippen molar-refractivity contribution < 1.29 is 0 Å². The highest BCUT2D eigenvalue weighted by Gasteiger charge is 2.22. The number of aromatic amines is 1. The maximum Gasteiger partial charge on any atom is 0.0541 e. The molecule has 0 saturated heterocycles. The number of allylic oxidation sites excluding steroid dienone is 1. The molecular weight excluding hydrogens is 424 g/mol. The Morgan fingerprint density at radius 1 is 0.743 bits per heavy atom. The Labute approximate surface area is 208 Å². The van der Waals surface area contributed by atoms with Crippen molar-refractivity contribution in [1.82, 2.24) is 9.55 Å². The molecule has 1 atom stereocenters. The first-order valence-electron chi connectivity index (χ1n) is 12.9. The van der Waals surface area contributed by atoms with Crippen molar-refractivity contribution in [3.8, 4) is 5.69 Å². The molecule has 3 aromatic carbocycles. The standard InChI is InChI=1S/C33H36N2/c1-20-9-8-10-24-25-19-23(13-14-28(25)34-31(20)24)35-29-15-11-21(32(2,3)4)17-26(29)27-18-22(33(5,6)7)12-16-30(27)35/h8,10-20,34H,9H2,1-7H3. The zero-order chi connectivity index (χ0) is 24.7. The van der Waals surface area contributed by atoms with Crippen LogP contribution >= 0.6 is 0 Å². The monoisotopic (exact) mass is 460 g/mol. The first kappa shape index (κ1) is 22.2. The molecule has 6 rings (SSSR count). The lowest BCUT2D eigenvalue weighted by Crippen LogP contribution is -2.10. The summed E-state index contributed by atoms with van der Waals surface area (Å²) in [6.07, 6.45) is 5.72. The van der Waals surface area contributed by atoms with Crippen LogP contribution in [0.4, 0.5) is 0 Å². The van der Waals surface area contributed by atoms with Gasteiger partial charge in [0.25, 0.3) is 0 Å². The third-order valence-corrected chi connectivity index (χ3v) is 7.88. The van der Waals surface area contributed by atoms with Gasteiger partial charge in [0.15, 0.2) is 0 Å². The Balaban J connectivity index is 1.67. The van der Waals surface area contributed by atoms with E-state index in [1.165, 1.54) is 60.8 Å². The van der Waals surface area contributed by atoms with Gasteiger partial charge >= 0.3 is 0 Å². The second kappa shape index (κ2) is 7.37. The van der Waals surface area contributed by atoms with Crippen LogP contribution in [0.3, 0.4) is 0 Å². The predicted octanol–water partition coefficient (Wildman–Crippen LogP) is 9.38. The summed E-state index contributed by atoms with van der Waals surface area (Å²) in [5, 5.41) is 3.99. The summed E-state index contributed by atoms with van der Waals surface area (Å²) in [5.74, 6) is 0.533. The van der Waals surface area contributed by atoms with Crippen LogP contribution in [0.25, 0.3) is 44.5 Å². The molecule has 2 nitrogen and oxygen atoms in total. The molecule has 2 heteroatoms. The molecule has 0 aliphatic heterocycles. The fourth-order valence-electron chi connectivity index (χ4n) is 5.67. The summed E-state index contributed by atoms with van der Waals surface area (Å²) in [4.78, 5) is 3.70. The van der Waals surface area contributed by atoms with E-state index in [1.807, 2.05) is 0 Å². The van der Waals surface area contributed by atoms with Gasteiger partial charge in [-0.2, -0.15) is 0 Å². The van der Waals surface area contributed by atoms with Crippen molar-refractivity contribution in [2.75, 3.05) is 0 Å². The number of hydrogen-bond acceptors (Lipinski definition) is 0. The maximum absolute atomic E-state index is 3.70. The third-order valence-electron chi connectivity index (χ3n) is 7.88. The van der Waals surface area contributed by atoms with E-state index in [2.05, 4.69) is 125 Å². The molecule has 2 aromatic heterocycles. The summed E-state index contributed by atoms with van der Waals surface area (Å²) >= 11 is 0. The predicted molar refractivity (Wildman–Crippen MR) is 152 cm³/mol. The van der Waals surface area contributed by atoms with Crippen molar-refractivity contribution in [3.63, 3.8) is 0 Å². The fraction of sp³-hybridized carbons (Fsp3) is 0.333. The van der Waals surface area contributed by atoms with Gasteiger partial charge in [-0.3, -0.25) is 0 Å². The van der Waals surface area contributed by atoms with Gasteiger partial charge in [0.1, 0.15) is 0 Å². The number of rotatable bonds is 1. The van der Waals surface area contributed by atoms with Crippen LogP contribution in [0.1, 0.15) is 83.2 Å². The van der Waals surface area contributed by atoms with Crippen molar-refractivity contribution in [2.45, 2.75) is 71.6 Å². The number of benzene rings is 3. The van der Waals surface area contributed by atoms with E-state index in [4.69, 9.17) is 0 Å². The van der Waals surface area contributed by atoms with Crippen molar-refractivity contribution >= 4 is 38.8 Å². The summed E-state index contributed by atoms with van der Waals surface area (Å²) < 4.78 is 2.46. The lowest BCUT2D eigenvalue weighted by Gasteiger charge is -2.19. The minimum atomic E-state index is 0.108. The van der Waals surface area contributed by atoms with Crippen molar-refractivity contribution in [1.29, 1.82) is 0 Å². The topological polar surface area (TPSA) is 20.7 Å². The molecule has 0 saturated carbocycles. The molecule has 2 heterocycles. The van der Waals surface area contributed by atoms with Crippen LogP contribution in [-0.2, 0) is 10.8 Å². The average Bonchev–Trinajstić information content (AvgIpc) is 3.33. The van der Waals surface area contributed by atoms with Crippen LogP contribution in [0, 0.1) is 0 Å². The van der Waals surface area contributed by atoms with Gasteiger partial charge in [0.05, 0.1) is 11.0 Å². The van der Waals surface area contributed by atoms with Gasteiger partial charge in [0, 0.05) is 44.5 Å². The summed E-state index contributed by atoms with van der Waals surface area (Å²) in [6.45, 7) is 16.1. The fourth-order valence-corrected chi connectivity index (χ4v) is 5.67. The number of hydrogen-bond donors (Lipinski definition) is 1. The third kappa shape index (κ3) is 3.45. The quantitative estimate of drug-likeness (QED) is 0.257. The summed E-state index contributed by atoms with van der Waals surface area (Å²) in [5.41, 5.74) is 10.7. The second-order valence-electron chi connectivity index (χ2n) is 12.5. The van der Waals surface area contributed by atoms with E-state index in [9.17, 15) is 0 Å². The first-order valence-corrected chi connectivity index (χ1v) is 12.9. The highest BCUT2D eigenvalue weighted by atomic mass is 15.0. The highest BCUT2D eigenvalue weighted by molar-refractivity contribution is 6.10. The average molecular weight is 461 g/mol. The molecule has 178 valence electrons. The number of aromatic nitrogens is 2. The van der Waals surface area contributed by atoms with E-state index >= 15 is 0 Å². The van der Waals surface area contributed by atoms with Gasteiger partial charge < -0.3 is 9.55 Å². The molecule has 0 bridgehead atoms. The Kier molecular flexibility index (Phi) is 4.68. The smallest absolute Gasteiger partial charge is 0.0541 e. The molecule has 1 aliphatic carbocycles. The molecule has 1 unspecified atom stereocenters. The minimum absolute atomic E-state index is 0.108. The molecular formula is C33H36N2. The molecule has 35 heavy (non-hydrogen) atoms. The van der Waals surface area contributed by atoms with Gasteiger partial charge in [-0.05, 0) is 70.8 Å². The number of H-pyrrole nitrogens is 1. The Hall–Kier alpha value is -3.26. The lowest BCUT2D eigenvalue weighted by atomic mass is 9.85. The molecule has 1 aliphatic rings. The molecule has 1 N–H and O–H groups in total. The van der Waals surface area contributed by atoms with Crippen molar-refractivity contribution in [3.05, 3.63) is 83.1 Å². The van der Waals surface area contributed by atoms with Crippen LogP contribution in [0.2, 0.25) is 0 Å². The Bertz CT molecular complexity index is 1570. The minimum Gasteiger partial charge on any atom is -0.358 e. The van der Waals surface area contributed by atoms with Gasteiger partial charge in [-0.25, -0.2) is 0 Å². The summed E-state index contributed by atoms with van der Waals surface area (Å²) in [6, 6.07) is 21.0. The van der Waals surface area contributed by atoms with E-state index in [0.717, 1.165) is 6.42 Å². The largest absolute Gasteiger partial charge is 0.358 e. The van der Waals surface area contributed by atoms with Gasteiger partial charge in [0.2, 0.25) is 0 Å². The van der Waals surface area contributed by atoms with Gasteiger partial charge in [-0.15, -0.1) is 0 Å². The summed E-state index contributed by atoms with van der Waals surface area (Å²) in [7, 11) is 0. The normalized spacial score (nSPS) is 16.5. The molecule has 0 radical (unpaired) electrons. The van der Waals surface area contributed by atoms with Crippen LogP contribution < -0.4 is 0 Å². The number of nitrogens with zero attached hydrogens (tertiary/aromatic N) is 1. The van der Waals surface area contributed by atoms with Crippen LogP contribution in [0.5, 0.6) is 0 Å². The maximum atomic E-state index is 3.70. The highest BCUT2D eigenvalue weighted by Crippen LogP contribution is 2.39. The molecule has 5 aromatic rings.